The Morgan fingerprint density at radius 2 is 1.77 bits per heavy atom. The zero-order valence-electron chi connectivity index (χ0n) is 15.5. The largest absolute Gasteiger partial charge is 0.481 e. The Morgan fingerprint density at radius 3 is 2.35 bits per heavy atom. The first-order chi connectivity index (χ1) is 12.4. The molecule has 2 aromatic carbocycles. The summed E-state index contributed by atoms with van der Waals surface area (Å²) in [6, 6.07) is 16.6. The molecular formula is C22H25NO3. The zero-order chi connectivity index (χ0) is 19.0. The van der Waals surface area contributed by atoms with Crippen molar-refractivity contribution in [2.75, 3.05) is 6.61 Å². The smallest absolute Gasteiger partial charge is 0.328 e. The predicted octanol–water partition coefficient (Wildman–Crippen LogP) is 3.87. The van der Waals surface area contributed by atoms with E-state index in [0.29, 0.717) is 6.54 Å². The van der Waals surface area contributed by atoms with E-state index >= 15 is 0 Å². The van der Waals surface area contributed by atoms with Gasteiger partial charge in [0.1, 0.15) is 24.0 Å². The highest BCUT2D eigenvalue weighted by atomic mass is 16.6. The molecule has 4 heteroatoms. The van der Waals surface area contributed by atoms with E-state index in [1.807, 2.05) is 75.4 Å². The van der Waals surface area contributed by atoms with E-state index in [2.05, 4.69) is 11.2 Å². The Balaban J connectivity index is 2.07. The van der Waals surface area contributed by atoms with Crippen molar-refractivity contribution in [3.05, 3.63) is 65.7 Å². The number of hydrogen-bond donors (Lipinski definition) is 1. The van der Waals surface area contributed by atoms with Crippen molar-refractivity contribution in [1.82, 2.24) is 5.32 Å². The van der Waals surface area contributed by atoms with Crippen molar-refractivity contribution in [3.63, 3.8) is 0 Å². The van der Waals surface area contributed by atoms with Gasteiger partial charge in [0.05, 0.1) is 0 Å². The molecule has 0 unspecified atom stereocenters. The van der Waals surface area contributed by atoms with Crippen LogP contribution >= 0.6 is 0 Å². The summed E-state index contributed by atoms with van der Waals surface area (Å²) >= 11 is 0. The molecule has 2 aromatic rings. The second-order valence-electron chi connectivity index (χ2n) is 6.89. The highest BCUT2D eigenvalue weighted by Crippen LogP contribution is 2.20. The molecule has 0 saturated heterocycles. The number of hydrogen-bond acceptors (Lipinski definition) is 4. The topological polar surface area (TPSA) is 47.6 Å². The van der Waals surface area contributed by atoms with Gasteiger partial charge in [0, 0.05) is 6.54 Å². The summed E-state index contributed by atoms with van der Waals surface area (Å²) in [4.78, 5) is 12.6. The molecule has 0 fully saturated rings. The highest BCUT2D eigenvalue weighted by Gasteiger charge is 2.26. The molecule has 136 valence electrons. The third-order valence-corrected chi connectivity index (χ3v) is 3.53. The molecular weight excluding hydrogens is 326 g/mol. The number of nitrogens with one attached hydrogen (secondary N) is 1. The van der Waals surface area contributed by atoms with Crippen LogP contribution in [0.2, 0.25) is 0 Å². The number of ether oxygens (including phenoxy) is 2. The summed E-state index contributed by atoms with van der Waals surface area (Å²) in [5.74, 6) is 2.86. The van der Waals surface area contributed by atoms with Crippen LogP contribution in [0, 0.1) is 12.3 Å². The number of esters is 1. The van der Waals surface area contributed by atoms with Gasteiger partial charge in [-0.05, 0) is 44.0 Å². The quantitative estimate of drug-likeness (QED) is 0.608. The lowest BCUT2D eigenvalue weighted by Gasteiger charge is -2.25. The molecule has 4 nitrogen and oxygen atoms in total. The van der Waals surface area contributed by atoms with Gasteiger partial charge in [-0.15, -0.1) is 6.42 Å². The molecule has 0 amide bonds. The van der Waals surface area contributed by atoms with E-state index in [-0.39, 0.29) is 12.6 Å². The normalized spacial score (nSPS) is 12.1. The fourth-order valence-electron chi connectivity index (χ4n) is 2.39. The number of carbonyl (C=O) groups is 1. The van der Waals surface area contributed by atoms with E-state index in [1.54, 1.807) is 0 Å². The van der Waals surface area contributed by atoms with Crippen LogP contribution in [0.15, 0.2) is 54.6 Å². The molecule has 2 rings (SSSR count). The van der Waals surface area contributed by atoms with E-state index in [1.165, 1.54) is 0 Å². The van der Waals surface area contributed by atoms with Gasteiger partial charge in [0.15, 0.2) is 0 Å². The first-order valence-corrected chi connectivity index (χ1v) is 8.55. The first kappa shape index (κ1) is 19.6. The Bertz CT molecular complexity index is 740. The van der Waals surface area contributed by atoms with Crippen LogP contribution in [0.1, 0.15) is 37.9 Å². The van der Waals surface area contributed by atoms with Crippen molar-refractivity contribution >= 4 is 5.97 Å². The molecule has 0 aliphatic rings. The van der Waals surface area contributed by atoms with E-state index in [0.717, 1.165) is 16.9 Å². The van der Waals surface area contributed by atoms with Gasteiger partial charge in [-0.2, -0.15) is 0 Å². The van der Waals surface area contributed by atoms with Crippen LogP contribution < -0.4 is 10.1 Å². The molecule has 0 aromatic heterocycles. The first-order valence-electron chi connectivity index (χ1n) is 8.55. The van der Waals surface area contributed by atoms with Crippen molar-refractivity contribution in [3.8, 4) is 18.1 Å². The minimum Gasteiger partial charge on any atom is -0.481 e. The minimum absolute atomic E-state index is 0.242. The summed E-state index contributed by atoms with van der Waals surface area (Å²) in [6.07, 6.45) is 5.19. The lowest BCUT2D eigenvalue weighted by atomic mass is 10.1. The lowest BCUT2D eigenvalue weighted by Crippen LogP contribution is -2.34. The number of benzene rings is 2. The van der Waals surface area contributed by atoms with Gasteiger partial charge in [-0.25, -0.2) is 4.79 Å². The third kappa shape index (κ3) is 6.27. The zero-order valence-corrected chi connectivity index (χ0v) is 15.5. The second kappa shape index (κ2) is 9.07. The average Bonchev–Trinajstić information content (AvgIpc) is 2.60. The lowest BCUT2D eigenvalue weighted by molar-refractivity contribution is -0.157. The van der Waals surface area contributed by atoms with Crippen LogP contribution in [-0.2, 0) is 16.1 Å². The van der Waals surface area contributed by atoms with Crippen molar-refractivity contribution < 1.29 is 14.3 Å². The van der Waals surface area contributed by atoms with Gasteiger partial charge in [-0.3, -0.25) is 5.32 Å². The fraction of sp³-hybridized carbons (Fsp3) is 0.318. The summed E-state index contributed by atoms with van der Waals surface area (Å²) in [5.41, 5.74) is 1.36. The van der Waals surface area contributed by atoms with E-state index in [4.69, 9.17) is 15.9 Å². The summed E-state index contributed by atoms with van der Waals surface area (Å²) < 4.78 is 10.9. The standard InChI is InChI=1S/C22H25NO3/c1-5-15-25-19-13-11-17(12-14-19)16-23-20(18-9-7-6-8-10-18)21(24)26-22(2,3)4/h1,6-14,20,23H,15-16H2,2-4H3/t20-/m0/s1. The van der Waals surface area contributed by atoms with Crippen LogP contribution in [-0.4, -0.2) is 18.2 Å². The minimum atomic E-state index is -0.540. The highest BCUT2D eigenvalue weighted by molar-refractivity contribution is 5.78. The van der Waals surface area contributed by atoms with E-state index < -0.39 is 11.6 Å². The average molecular weight is 351 g/mol. The maximum atomic E-state index is 12.6. The van der Waals surface area contributed by atoms with Crippen LogP contribution in [0.25, 0.3) is 0 Å². The SMILES string of the molecule is C#CCOc1ccc(CN[C@H](C(=O)OC(C)(C)C)c2ccccc2)cc1. The van der Waals surface area contributed by atoms with Gasteiger partial charge < -0.3 is 9.47 Å². The Labute approximate surface area is 155 Å². The van der Waals surface area contributed by atoms with E-state index in [9.17, 15) is 4.79 Å². The predicted molar refractivity (Wildman–Crippen MR) is 103 cm³/mol. The second-order valence-corrected chi connectivity index (χ2v) is 6.89. The maximum Gasteiger partial charge on any atom is 0.328 e. The summed E-state index contributed by atoms with van der Waals surface area (Å²) in [5, 5.41) is 3.29. The fourth-order valence-corrected chi connectivity index (χ4v) is 2.39. The molecule has 0 aliphatic heterocycles. The summed E-state index contributed by atoms with van der Waals surface area (Å²) in [7, 11) is 0. The monoisotopic (exact) mass is 351 g/mol. The molecule has 0 saturated carbocycles. The third-order valence-electron chi connectivity index (χ3n) is 3.53. The van der Waals surface area contributed by atoms with Crippen molar-refractivity contribution in [2.24, 2.45) is 0 Å². The van der Waals surface area contributed by atoms with Gasteiger partial charge in [-0.1, -0.05) is 48.4 Å². The molecule has 0 radical (unpaired) electrons. The maximum absolute atomic E-state index is 12.6. The molecule has 1 N–H and O–H groups in total. The molecule has 0 bridgehead atoms. The molecule has 26 heavy (non-hydrogen) atoms. The Kier molecular flexibility index (Phi) is 6.82. The summed E-state index contributed by atoms with van der Waals surface area (Å²) in [6.45, 7) is 6.35. The van der Waals surface area contributed by atoms with Crippen LogP contribution in [0.5, 0.6) is 5.75 Å². The Hall–Kier alpha value is -2.77. The van der Waals surface area contributed by atoms with Crippen molar-refractivity contribution in [1.29, 1.82) is 0 Å². The van der Waals surface area contributed by atoms with Gasteiger partial charge in [0.2, 0.25) is 0 Å². The number of terminal acetylenes is 1. The molecule has 0 spiro atoms. The van der Waals surface area contributed by atoms with Gasteiger partial charge >= 0.3 is 5.97 Å². The number of carbonyl (C=O) groups excluding carboxylic acids is 1. The molecule has 0 aliphatic carbocycles. The number of rotatable bonds is 7. The van der Waals surface area contributed by atoms with Crippen molar-refractivity contribution in [2.45, 2.75) is 39.0 Å². The Morgan fingerprint density at radius 1 is 1.12 bits per heavy atom. The molecule has 1 atom stereocenters. The van der Waals surface area contributed by atoms with Gasteiger partial charge in [0.25, 0.3) is 0 Å². The van der Waals surface area contributed by atoms with Crippen LogP contribution in [0.4, 0.5) is 0 Å². The molecule has 0 heterocycles. The van der Waals surface area contributed by atoms with Crippen LogP contribution in [0.3, 0.4) is 0 Å².